The van der Waals surface area contributed by atoms with Gasteiger partial charge in [-0.05, 0) is 47.5 Å². The van der Waals surface area contributed by atoms with E-state index in [0.29, 0.717) is 54.3 Å². The highest BCUT2D eigenvalue weighted by molar-refractivity contribution is 9.10. The zero-order valence-corrected chi connectivity index (χ0v) is 21.8. The second kappa shape index (κ2) is 10.3. The minimum Gasteiger partial charge on any atom is -0.364 e. The fourth-order valence-electron chi connectivity index (χ4n) is 4.20. The summed E-state index contributed by atoms with van der Waals surface area (Å²) >= 11 is 9.35. The van der Waals surface area contributed by atoms with Crippen molar-refractivity contribution in [1.29, 1.82) is 0 Å². The van der Waals surface area contributed by atoms with Crippen LogP contribution in [0.2, 0.25) is 5.02 Å². The van der Waals surface area contributed by atoms with Crippen LogP contribution in [-0.4, -0.2) is 46.6 Å². The van der Waals surface area contributed by atoms with Crippen molar-refractivity contribution in [3.8, 4) is 0 Å². The van der Waals surface area contributed by atoms with Crippen molar-refractivity contribution < 1.29 is 18.0 Å². The van der Waals surface area contributed by atoms with Crippen LogP contribution in [0.15, 0.2) is 27.6 Å². The van der Waals surface area contributed by atoms with Gasteiger partial charge >= 0.3 is 6.18 Å². The first-order chi connectivity index (χ1) is 17.0. The number of pyridine rings is 1. The molecule has 0 saturated carbocycles. The molecule has 3 heterocycles. The number of nitrogens with one attached hydrogen (secondary N) is 2. The van der Waals surface area contributed by atoms with Gasteiger partial charge in [0, 0.05) is 31.9 Å². The zero-order chi connectivity index (χ0) is 26.2. The van der Waals surface area contributed by atoms with Crippen LogP contribution in [0.3, 0.4) is 0 Å². The Bertz CT molecular complexity index is 1390. The summed E-state index contributed by atoms with van der Waals surface area (Å²) < 4.78 is 41.0. The van der Waals surface area contributed by atoms with Crippen molar-refractivity contribution >= 4 is 56.0 Å². The second-order valence-electron chi connectivity index (χ2n) is 8.31. The number of aryl methyl sites for hydroxylation is 1. The average Bonchev–Trinajstić information content (AvgIpc) is 2.83. The molecule has 1 amide bonds. The Kier molecular flexibility index (Phi) is 7.58. The smallest absolute Gasteiger partial charge is 0.364 e. The summed E-state index contributed by atoms with van der Waals surface area (Å²) in [4.78, 5) is 37.6. The Morgan fingerprint density at radius 3 is 2.56 bits per heavy atom. The van der Waals surface area contributed by atoms with Crippen LogP contribution in [0.5, 0.6) is 0 Å². The molecular formula is C23H23BrClF3N6O2. The first-order valence-electron chi connectivity index (χ1n) is 11.2. The van der Waals surface area contributed by atoms with Gasteiger partial charge in [0.1, 0.15) is 16.8 Å². The predicted octanol–water partition coefficient (Wildman–Crippen LogP) is 4.15. The molecule has 1 aliphatic rings. The first kappa shape index (κ1) is 26.4. The lowest BCUT2D eigenvalue weighted by molar-refractivity contribution is -0.137. The molecule has 0 atom stereocenters. The van der Waals surface area contributed by atoms with Gasteiger partial charge in [0.05, 0.1) is 22.0 Å². The van der Waals surface area contributed by atoms with E-state index in [2.05, 4.69) is 36.5 Å². The molecule has 1 aliphatic heterocycles. The molecule has 1 saturated heterocycles. The molecule has 2 N–H and O–H groups in total. The average molecular weight is 588 g/mol. The molecule has 0 spiro atoms. The highest BCUT2D eigenvalue weighted by atomic mass is 79.9. The topological polar surface area (TPSA) is 92.2 Å². The molecule has 0 radical (unpaired) electrons. The number of carbonyl (C=O) groups excluding carboxylic acids is 1. The molecule has 2 aromatic heterocycles. The number of hydrogen-bond acceptors (Lipinski definition) is 6. The number of piperazine rings is 1. The van der Waals surface area contributed by atoms with Gasteiger partial charge in [-0.3, -0.25) is 9.59 Å². The van der Waals surface area contributed by atoms with Gasteiger partial charge in [0.25, 0.3) is 0 Å². The van der Waals surface area contributed by atoms with Crippen molar-refractivity contribution in [2.24, 2.45) is 0 Å². The van der Waals surface area contributed by atoms with Crippen LogP contribution in [0, 0.1) is 6.92 Å². The number of rotatable bonds is 5. The molecule has 0 bridgehead atoms. The molecule has 4 rings (SSSR count). The fraction of sp³-hybridized carbons (Fsp3) is 0.391. The number of fused-ring (bicyclic) bond motifs is 1. The maximum Gasteiger partial charge on any atom is 0.416 e. The number of hydrogen-bond donors (Lipinski definition) is 2. The van der Waals surface area contributed by atoms with Gasteiger partial charge in [-0.2, -0.15) is 13.2 Å². The van der Waals surface area contributed by atoms with Crippen molar-refractivity contribution in [3.63, 3.8) is 0 Å². The Balaban J connectivity index is 1.78. The van der Waals surface area contributed by atoms with Gasteiger partial charge in [0.2, 0.25) is 11.3 Å². The van der Waals surface area contributed by atoms with E-state index in [1.54, 1.807) is 11.5 Å². The zero-order valence-electron chi connectivity index (χ0n) is 19.5. The first-order valence-corrected chi connectivity index (χ1v) is 12.4. The van der Waals surface area contributed by atoms with Crippen molar-refractivity contribution in [2.75, 3.05) is 36.4 Å². The molecule has 1 fully saturated rings. The monoisotopic (exact) mass is 586 g/mol. The Labute approximate surface area is 218 Å². The molecule has 36 heavy (non-hydrogen) atoms. The third-order valence-electron chi connectivity index (χ3n) is 5.92. The number of alkyl halides is 3. The van der Waals surface area contributed by atoms with E-state index >= 15 is 0 Å². The summed E-state index contributed by atoms with van der Waals surface area (Å²) in [5, 5.41) is 5.59. The minimum atomic E-state index is -4.55. The van der Waals surface area contributed by atoms with Crippen molar-refractivity contribution in [2.45, 2.75) is 33.0 Å². The number of nitrogens with zero attached hydrogens (tertiary/aromatic N) is 4. The van der Waals surface area contributed by atoms with Gasteiger partial charge < -0.3 is 20.1 Å². The molecular weight excluding hydrogens is 565 g/mol. The normalized spacial score (nSPS) is 14.4. The molecule has 0 unspecified atom stereocenters. The van der Waals surface area contributed by atoms with Gasteiger partial charge in [-0.1, -0.05) is 18.5 Å². The van der Waals surface area contributed by atoms with E-state index in [-0.39, 0.29) is 33.8 Å². The third-order valence-corrected chi connectivity index (χ3v) is 6.98. The van der Waals surface area contributed by atoms with Crippen molar-refractivity contribution in [3.05, 3.63) is 55.0 Å². The maximum atomic E-state index is 13.5. The maximum absolute atomic E-state index is 13.5. The lowest BCUT2D eigenvalue weighted by atomic mass is 10.1. The number of carbonyl (C=O) groups is 1. The molecule has 0 aliphatic carbocycles. The van der Waals surface area contributed by atoms with E-state index in [1.807, 2.05) is 11.8 Å². The summed E-state index contributed by atoms with van der Waals surface area (Å²) in [5.74, 6) is -0.537. The number of amides is 1. The lowest BCUT2D eigenvalue weighted by Gasteiger charge is -2.31. The van der Waals surface area contributed by atoms with E-state index in [0.717, 1.165) is 18.2 Å². The van der Waals surface area contributed by atoms with E-state index in [9.17, 15) is 22.8 Å². The van der Waals surface area contributed by atoms with Crippen LogP contribution in [-0.2, 0) is 23.9 Å². The standard InChI is InChI=1S/C23H23BrClF3N6O2/c1-3-16-19(33-8-6-29-7-9-33)20(36)18-22(30-12(2)21(24)32-18)34(16)11-17(35)31-15-5-4-13(10-14(15)25)23(26,27)28/h4-5,10,29H,3,6-9,11H2,1-2H3,(H,31,35). The predicted molar refractivity (Wildman–Crippen MR) is 136 cm³/mol. The molecule has 192 valence electrons. The van der Waals surface area contributed by atoms with Crippen molar-refractivity contribution in [1.82, 2.24) is 19.9 Å². The SMILES string of the molecule is CCc1c(N2CCNCC2)c(=O)c2nc(Br)c(C)nc2n1CC(=O)Nc1ccc(C(F)(F)F)cc1Cl. The largest absolute Gasteiger partial charge is 0.416 e. The van der Waals surface area contributed by atoms with Crippen LogP contribution in [0.25, 0.3) is 11.2 Å². The molecule has 8 nitrogen and oxygen atoms in total. The quantitative estimate of drug-likeness (QED) is 0.466. The number of halogens is 5. The summed E-state index contributed by atoms with van der Waals surface area (Å²) in [6.07, 6.45) is -4.11. The van der Waals surface area contributed by atoms with Gasteiger partial charge in [0.15, 0.2) is 11.2 Å². The molecule has 3 aromatic rings. The van der Waals surface area contributed by atoms with Crippen LogP contribution in [0.4, 0.5) is 24.5 Å². The van der Waals surface area contributed by atoms with Crippen LogP contribution >= 0.6 is 27.5 Å². The molecule has 13 heteroatoms. The Hall–Kier alpha value is -2.70. The highest BCUT2D eigenvalue weighted by Gasteiger charge is 2.31. The fourth-order valence-corrected chi connectivity index (χ4v) is 4.69. The number of aromatic nitrogens is 3. The highest BCUT2D eigenvalue weighted by Crippen LogP contribution is 2.34. The second-order valence-corrected chi connectivity index (χ2v) is 9.47. The minimum absolute atomic E-state index is 0.0467. The summed E-state index contributed by atoms with van der Waals surface area (Å²) in [6, 6.07) is 2.72. The summed E-state index contributed by atoms with van der Waals surface area (Å²) in [7, 11) is 0. The van der Waals surface area contributed by atoms with Crippen LogP contribution in [0.1, 0.15) is 23.9 Å². The lowest BCUT2D eigenvalue weighted by Crippen LogP contribution is -2.46. The Morgan fingerprint density at radius 2 is 1.94 bits per heavy atom. The number of anilines is 2. The van der Waals surface area contributed by atoms with E-state index in [4.69, 9.17) is 11.6 Å². The Morgan fingerprint density at radius 1 is 1.25 bits per heavy atom. The van der Waals surface area contributed by atoms with Crippen LogP contribution < -0.4 is 21.0 Å². The van der Waals surface area contributed by atoms with Gasteiger partial charge in [-0.15, -0.1) is 0 Å². The van der Waals surface area contributed by atoms with E-state index in [1.165, 1.54) is 0 Å². The molecule has 1 aromatic carbocycles. The third kappa shape index (κ3) is 5.21. The summed E-state index contributed by atoms with van der Waals surface area (Å²) in [6.45, 7) is 6.00. The van der Waals surface area contributed by atoms with Gasteiger partial charge in [-0.25, -0.2) is 9.97 Å². The summed E-state index contributed by atoms with van der Waals surface area (Å²) in [5.41, 5.74) is 0.880. The number of benzene rings is 1. The van der Waals surface area contributed by atoms with E-state index < -0.39 is 17.6 Å².